The summed E-state index contributed by atoms with van der Waals surface area (Å²) in [7, 11) is 0. The minimum Gasteiger partial charge on any atom is -0.265 e. The van der Waals surface area contributed by atoms with Crippen molar-refractivity contribution in [1.82, 2.24) is 4.98 Å². The normalized spacial score (nSPS) is 11.4. The first-order valence-corrected chi connectivity index (χ1v) is 7.07. The second kappa shape index (κ2) is 6.19. The number of benzene rings is 2. The maximum atomic E-state index is 4.08. The third-order valence-electron chi connectivity index (χ3n) is 3.46. The topological polar surface area (TPSA) is 12.9 Å². The van der Waals surface area contributed by atoms with E-state index >= 15 is 0 Å². The molecule has 21 heavy (non-hydrogen) atoms. The number of rotatable bonds is 3. The molecule has 0 N–H and O–H groups in total. The van der Waals surface area contributed by atoms with E-state index in [1.807, 2.05) is 30.6 Å². The predicted octanol–water partition coefficient (Wildman–Crippen LogP) is 4.98. The van der Waals surface area contributed by atoms with E-state index in [9.17, 15) is 0 Å². The van der Waals surface area contributed by atoms with Crippen LogP contribution in [0.3, 0.4) is 0 Å². The molecule has 0 fully saturated rings. The summed E-state index contributed by atoms with van der Waals surface area (Å²) >= 11 is 0. The Morgan fingerprint density at radius 1 is 0.762 bits per heavy atom. The van der Waals surface area contributed by atoms with Crippen molar-refractivity contribution in [3.63, 3.8) is 0 Å². The molecule has 0 atom stereocenters. The Labute approximate surface area is 125 Å². The van der Waals surface area contributed by atoms with Crippen molar-refractivity contribution in [3.05, 3.63) is 101 Å². The largest absolute Gasteiger partial charge is 0.265 e. The second-order valence-electron chi connectivity index (χ2n) is 5.07. The molecule has 2 aromatic carbocycles. The van der Waals surface area contributed by atoms with Crippen LogP contribution in [0.5, 0.6) is 0 Å². The average Bonchev–Trinajstić information content (AvgIpc) is 2.55. The van der Waals surface area contributed by atoms with Gasteiger partial charge in [0.2, 0.25) is 0 Å². The zero-order chi connectivity index (χ0) is 14.5. The van der Waals surface area contributed by atoms with Crippen LogP contribution in [-0.4, -0.2) is 4.98 Å². The van der Waals surface area contributed by atoms with Crippen molar-refractivity contribution in [2.45, 2.75) is 6.92 Å². The fraction of sp³-hybridized carbons (Fsp3) is 0.0500. The number of aryl methyl sites for hydroxylation is 1. The molecule has 1 nitrogen and oxygen atoms in total. The highest BCUT2D eigenvalue weighted by atomic mass is 14.6. The van der Waals surface area contributed by atoms with Crippen LogP contribution in [0.2, 0.25) is 0 Å². The summed E-state index contributed by atoms with van der Waals surface area (Å²) in [5, 5.41) is 0. The molecule has 0 aliphatic rings. The number of hydrogen-bond donors (Lipinski definition) is 0. The van der Waals surface area contributed by atoms with Crippen molar-refractivity contribution in [2.75, 3.05) is 0 Å². The summed E-state index contributed by atoms with van der Waals surface area (Å²) in [4.78, 5) is 4.08. The molecule has 0 saturated heterocycles. The lowest BCUT2D eigenvalue weighted by atomic mass is 9.95. The minimum atomic E-state index is 1.16. The number of nitrogens with zero attached hydrogens (tertiary/aromatic N) is 1. The molecular formula is C20H17N. The molecule has 3 aromatic rings. The highest BCUT2D eigenvalue weighted by molar-refractivity contribution is 5.91. The molecule has 0 amide bonds. The van der Waals surface area contributed by atoms with Crippen molar-refractivity contribution in [3.8, 4) is 0 Å². The van der Waals surface area contributed by atoms with Gasteiger partial charge in [0.05, 0.1) is 0 Å². The van der Waals surface area contributed by atoms with E-state index in [1.165, 1.54) is 22.3 Å². The molecule has 0 aliphatic heterocycles. The maximum absolute atomic E-state index is 4.08. The van der Waals surface area contributed by atoms with Crippen molar-refractivity contribution in [2.24, 2.45) is 0 Å². The number of hydrogen-bond acceptors (Lipinski definition) is 1. The first-order chi connectivity index (χ1) is 10.3. The number of pyridine rings is 1. The average molecular weight is 271 g/mol. The van der Waals surface area contributed by atoms with E-state index in [2.05, 4.69) is 66.5 Å². The van der Waals surface area contributed by atoms with Gasteiger partial charge in [-0.2, -0.15) is 0 Å². The highest BCUT2D eigenvalue weighted by Gasteiger charge is 2.04. The zero-order valence-corrected chi connectivity index (χ0v) is 12.0. The molecule has 1 heterocycles. The molecule has 1 heteroatoms. The number of aromatic nitrogens is 1. The summed E-state index contributed by atoms with van der Waals surface area (Å²) in [6.07, 6.45) is 5.86. The summed E-state index contributed by atoms with van der Waals surface area (Å²) in [5.41, 5.74) is 6.10. The Hall–Kier alpha value is -2.67. The monoisotopic (exact) mass is 271 g/mol. The lowest BCUT2D eigenvalue weighted by Crippen LogP contribution is -1.88. The Morgan fingerprint density at radius 3 is 2.05 bits per heavy atom. The maximum Gasteiger partial charge on any atom is 0.0273 e. The summed E-state index contributed by atoms with van der Waals surface area (Å²) < 4.78 is 0. The Bertz CT molecular complexity index is 726. The third-order valence-corrected chi connectivity index (χ3v) is 3.46. The van der Waals surface area contributed by atoms with Gasteiger partial charge in [-0.05, 0) is 47.4 Å². The molecule has 0 bridgehead atoms. The fourth-order valence-corrected chi connectivity index (χ4v) is 2.31. The summed E-state index contributed by atoms with van der Waals surface area (Å²) in [6, 6.07) is 23.2. The Morgan fingerprint density at radius 2 is 1.38 bits per heavy atom. The molecule has 0 aliphatic carbocycles. The molecule has 3 rings (SSSR count). The minimum absolute atomic E-state index is 1.16. The van der Waals surface area contributed by atoms with Gasteiger partial charge >= 0.3 is 0 Å². The van der Waals surface area contributed by atoms with Gasteiger partial charge in [0.15, 0.2) is 0 Å². The fourth-order valence-electron chi connectivity index (χ4n) is 2.31. The van der Waals surface area contributed by atoms with Gasteiger partial charge in [-0.15, -0.1) is 0 Å². The van der Waals surface area contributed by atoms with E-state index in [-0.39, 0.29) is 0 Å². The highest BCUT2D eigenvalue weighted by Crippen LogP contribution is 2.26. The molecule has 0 saturated carbocycles. The van der Waals surface area contributed by atoms with Gasteiger partial charge < -0.3 is 0 Å². The van der Waals surface area contributed by atoms with E-state index in [4.69, 9.17) is 0 Å². The van der Waals surface area contributed by atoms with E-state index < -0.39 is 0 Å². The van der Waals surface area contributed by atoms with E-state index in [1.54, 1.807) is 0 Å². The van der Waals surface area contributed by atoms with E-state index in [0.717, 1.165) is 5.56 Å². The SMILES string of the molecule is Cc1ccc(C(=Cc2ccncc2)c2ccccc2)cc1. The van der Waals surface area contributed by atoms with Crippen LogP contribution in [0.1, 0.15) is 22.3 Å². The van der Waals surface area contributed by atoms with Crippen molar-refractivity contribution >= 4 is 11.6 Å². The smallest absolute Gasteiger partial charge is 0.0273 e. The molecule has 1 aromatic heterocycles. The Kier molecular flexibility index (Phi) is 3.92. The first kappa shape index (κ1) is 13.3. The van der Waals surface area contributed by atoms with Crippen LogP contribution in [0, 0.1) is 6.92 Å². The zero-order valence-electron chi connectivity index (χ0n) is 12.0. The van der Waals surface area contributed by atoms with Gasteiger partial charge in [0.1, 0.15) is 0 Å². The lowest BCUT2D eigenvalue weighted by Gasteiger charge is -2.09. The van der Waals surface area contributed by atoms with Crippen LogP contribution in [0.4, 0.5) is 0 Å². The van der Waals surface area contributed by atoms with Crippen LogP contribution in [-0.2, 0) is 0 Å². The van der Waals surface area contributed by atoms with Crippen molar-refractivity contribution in [1.29, 1.82) is 0 Å². The molecular weight excluding hydrogens is 254 g/mol. The van der Waals surface area contributed by atoms with Crippen molar-refractivity contribution < 1.29 is 0 Å². The molecule has 0 spiro atoms. The molecule has 102 valence electrons. The van der Waals surface area contributed by atoms with Gasteiger partial charge in [0.25, 0.3) is 0 Å². The summed E-state index contributed by atoms with van der Waals surface area (Å²) in [6.45, 7) is 2.11. The van der Waals surface area contributed by atoms with Crippen LogP contribution < -0.4 is 0 Å². The van der Waals surface area contributed by atoms with Gasteiger partial charge in [-0.1, -0.05) is 60.2 Å². The van der Waals surface area contributed by atoms with Crippen LogP contribution in [0.15, 0.2) is 79.1 Å². The quantitative estimate of drug-likeness (QED) is 0.654. The molecule has 0 unspecified atom stereocenters. The van der Waals surface area contributed by atoms with Gasteiger partial charge in [-0.25, -0.2) is 0 Å². The third kappa shape index (κ3) is 3.26. The summed E-state index contributed by atoms with van der Waals surface area (Å²) in [5.74, 6) is 0. The predicted molar refractivity (Wildman–Crippen MR) is 88.8 cm³/mol. The van der Waals surface area contributed by atoms with Gasteiger partial charge in [-0.3, -0.25) is 4.98 Å². The standard InChI is InChI=1S/C20H17N/c1-16-7-9-19(10-8-16)20(18-5-3-2-4-6-18)15-17-11-13-21-14-12-17/h2-15H,1H3. The lowest BCUT2D eigenvalue weighted by molar-refractivity contribution is 1.32. The molecule has 0 radical (unpaired) electrons. The Balaban J connectivity index is 2.12. The van der Waals surface area contributed by atoms with Crippen LogP contribution >= 0.6 is 0 Å². The van der Waals surface area contributed by atoms with Crippen LogP contribution in [0.25, 0.3) is 11.6 Å². The van der Waals surface area contributed by atoms with Gasteiger partial charge in [0, 0.05) is 12.4 Å². The second-order valence-corrected chi connectivity index (χ2v) is 5.07. The first-order valence-electron chi connectivity index (χ1n) is 7.07. The van der Waals surface area contributed by atoms with E-state index in [0.29, 0.717) is 0 Å².